The molecule has 1 aromatic rings. The predicted molar refractivity (Wildman–Crippen MR) is 96.8 cm³/mol. The maximum absolute atomic E-state index is 12.3. The van der Waals surface area contributed by atoms with Gasteiger partial charge in [-0.3, -0.25) is 4.79 Å². The Balaban J connectivity index is 1.70. The van der Waals surface area contributed by atoms with E-state index in [0.717, 1.165) is 18.5 Å². The summed E-state index contributed by atoms with van der Waals surface area (Å²) in [4.78, 5) is 14.2. The number of amides is 1. The molecule has 2 heterocycles. The van der Waals surface area contributed by atoms with Crippen molar-refractivity contribution in [2.75, 3.05) is 19.7 Å². The molecule has 1 saturated heterocycles. The van der Waals surface area contributed by atoms with Gasteiger partial charge in [-0.2, -0.15) is 0 Å². The van der Waals surface area contributed by atoms with Crippen molar-refractivity contribution < 1.29 is 9.90 Å². The Kier molecular flexibility index (Phi) is 5.44. The highest BCUT2D eigenvalue weighted by atomic mass is 16.3. The molecule has 2 aliphatic rings. The summed E-state index contributed by atoms with van der Waals surface area (Å²) in [5.41, 5.74) is 3.73. The van der Waals surface area contributed by atoms with Crippen molar-refractivity contribution >= 4 is 12.0 Å². The number of aryl methyl sites for hydroxylation is 1. The Morgan fingerprint density at radius 1 is 1.25 bits per heavy atom. The fraction of sp³-hybridized carbons (Fsp3) is 0.650. The number of aliphatic hydroxyl groups excluding tert-OH is 1. The van der Waals surface area contributed by atoms with Gasteiger partial charge in [0.05, 0.1) is 0 Å². The fourth-order valence-corrected chi connectivity index (χ4v) is 4.32. The topological polar surface area (TPSA) is 45.5 Å². The summed E-state index contributed by atoms with van der Waals surface area (Å²) in [7, 11) is 0. The van der Waals surface area contributed by atoms with E-state index in [1.54, 1.807) is 6.08 Å². The number of hydrogen-bond acceptors (Lipinski definition) is 2. The first-order chi connectivity index (χ1) is 11.6. The Labute approximate surface area is 145 Å². The van der Waals surface area contributed by atoms with E-state index in [9.17, 15) is 9.90 Å². The van der Waals surface area contributed by atoms with Crippen LogP contribution in [0.1, 0.15) is 61.5 Å². The van der Waals surface area contributed by atoms with Crippen molar-refractivity contribution in [3.8, 4) is 0 Å². The molecule has 3 rings (SSSR count). The van der Waals surface area contributed by atoms with Crippen molar-refractivity contribution in [2.45, 2.75) is 58.4 Å². The van der Waals surface area contributed by atoms with Gasteiger partial charge in [0.1, 0.15) is 0 Å². The van der Waals surface area contributed by atoms with Crippen molar-refractivity contribution in [3.05, 3.63) is 29.1 Å². The summed E-state index contributed by atoms with van der Waals surface area (Å²) in [5.74, 6) is 0.312. The minimum Gasteiger partial charge on any atom is -0.396 e. The average Bonchev–Trinajstić information content (AvgIpc) is 3.18. The smallest absolute Gasteiger partial charge is 0.246 e. The van der Waals surface area contributed by atoms with Gasteiger partial charge in [0, 0.05) is 49.1 Å². The first-order valence-electron chi connectivity index (χ1n) is 9.36. The molecule has 1 aromatic heterocycles. The van der Waals surface area contributed by atoms with Crippen LogP contribution in [-0.2, 0) is 4.79 Å². The molecule has 4 nitrogen and oxygen atoms in total. The zero-order chi connectivity index (χ0) is 17.1. The van der Waals surface area contributed by atoms with E-state index < -0.39 is 0 Å². The quantitative estimate of drug-likeness (QED) is 0.859. The van der Waals surface area contributed by atoms with Crippen LogP contribution in [0.5, 0.6) is 0 Å². The summed E-state index contributed by atoms with van der Waals surface area (Å²) in [6.45, 7) is 5.96. The molecule has 132 valence electrons. The molecular formula is C20H30N2O2. The lowest BCUT2D eigenvalue weighted by Gasteiger charge is -2.26. The van der Waals surface area contributed by atoms with Gasteiger partial charge >= 0.3 is 0 Å². The van der Waals surface area contributed by atoms with Crippen molar-refractivity contribution in [1.82, 2.24) is 9.47 Å². The monoisotopic (exact) mass is 330 g/mol. The van der Waals surface area contributed by atoms with Gasteiger partial charge in [0.25, 0.3) is 0 Å². The summed E-state index contributed by atoms with van der Waals surface area (Å²) in [5, 5.41) is 9.21. The Morgan fingerprint density at radius 2 is 2.00 bits per heavy atom. The Morgan fingerprint density at radius 3 is 2.67 bits per heavy atom. The molecule has 1 saturated carbocycles. The van der Waals surface area contributed by atoms with Crippen LogP contribution in [0.25, 0.3) is 6.08 Å². The van der Waals surface area contributed by atoms with E-state index in [1.165, 1.54) is 43.5 Å². The van der Waals surface area contributed by atoms with E-state index in [1.807, 2.05) is 11.0 Å². The number of nitrogens with zero attached hydrogens (tertiary/aromatic N) is 2. The van der Waals surface area contributed by atoms with Gasteiger partial charge < -0.3 is 14.6 Å². The van der Waals surface area contributed by atoms with Gasteiger partial charge in [-0.05, 0) is 50.8 Å². The van der Waals surface area contributed by atoms with Crippen LogP contribution in [0.3, 0.4) is 0 Å². The second-order valence-corrected chi connectivity index (χ2v) is 7.44. The molecule has 0 bridgehead atoms. The van der Waals surface area contributed by atoms with E-state index in [-0.39, 0.29) is 18.4 Å². The van der Waals surface area contributed by atoms with Gasteiger partial charge in [-0.15, -0.1) is 0 Å². The number of rotatable bonds is 4. The Bertz CT molecular complexity index is 611. The molecule has 1 N–H and O–H groups in total. The minimum atomic E-state index is 0.0634. The molecule has 2 fully saturated rings. The standard InChI is InChI=1S/C20H30N2O2/c1-15-12-18(16(2)22(15)19-6-4-3-5-7-19)8-9-20(24)21-11-10-17(13-21)14-23/h8-9,12,17,19,23H,3-7,10-11,13-14H2,1-2H3/b9-8+. The summed E-state index contributed by atoms with van der Waals surface area (Å²) < 4.78 is 2.47. The van der Waals surface area contributed by atoms with Gasteiger partial charge in [0.15, 0.2) is 0 Å². The first kappa shape index (κ1) is 17.3. The third-order valence-electron chi connectivity index (χ3n) is 5.72. The zero-order valence-corrected chi connectivity index (χ0v) is 15.0. The number of carbonyl (C=O) groups is 1. The highest BCUT2D eigenvalue weighted by molar-refractivity contribution is 5.92. The summed E-state index contributed by atoms with van der Waals surface area (Å²) in [6.07, 6.45) is 11.1. The maximum atomic E-state index is 12.3. The third kappa shape index (κ3) is 3.59. The molecule has 1 unspecified atom stereocenters. The molecular weight excluding hydrogens is 300 g/mol. The van der Waals surface area contributed by atoms with Crippen LogP contribution in [0.2, 0.25) is 0 Å². The van der Waals surface area contributed by atoms with E-state index in [0.29, 0.717) is 12.6 Å². The Hall–Kier alpha value is -1.55. The van der Waals surface area contributed by atoms with Gasteiger partial charge in [0.2, 0.25) is 5.91 Å². The molecule has 0 aromatic carbocycles. The molecule has 1 atom stereocenters. The molecule has 1 aliphatic carbocycles. The zero-order valence-electron chi connectivity index (χ0n) is 15.0. The molecule has 1 amide bonds. The minimum absolute atomic E-state index is 0.0634. The number of aliphatic hydroxyl groups is 1. The lowest BCUT2D eigenvalue weighted by molar-refractivity contribution is -0.125. The van der Waals surface area contributed by atoms with Crippen LogP contribution >= 0.6 is 0 Å². The van der Waals surface area contributed by atoms with Crippen molar-refractivity contribution in [1.29, 1.82) is 0 Å². The van der Waals surface area contributed by atoms with E-state index >= 15 is 0 Å². The molecule has 4 heteroatoms. The van der Waals surface area contributed by atoms with Crippen LogP contribution in [0.15, 0.2) is 12.1 Å². The van der Waals surface area contributed by atoms with Gasteiger partial charge in [-0.25, -0.2) is 0 Å². The number of aromatic nitrogens is 1. The SMILES string of the molecule is Cc1cc(/C=C/C(=O)N2CCC(CO)C2)c(C)n1C1CCCCC1. The van der Waals surface area contributed by atoms with Crippen molar-refractivity contribution in [2.24, 2.45) is 5.92 Å². The summed E-state index contributed by atoms with van der Waals surface area (Å²) >= 11 is 0. The van der Waals surface area contributed by atoms with E-state index in [4.69, 9.17) is 0 Å². The lowest BCUT2D eigenvalue weighted by atomic mass is 9.95. The molecule has 0 radical (unpaired) electrons. The van der Waals surface area contributed by atoms with Crippen LogP contribution < -0.4 is 0 Å². The average molecular weight is 330 g/mol. The highest BCUT2D eigenvalue weighted by Gasteiger charge is 2.24. The molecule has 24 heavy (non-hydrogen) atoms. The lowest BCUT2D eigenvalue weighted by Crippen LogP contribution is -2.27. The second kappa shape index (κ2) is 7.56. The predicted octanol–water partition coefficient (Wildman–Crippen LogP) is 3.46. The van der Waals surface area contributed by atoms with Crippen LogP contribution in [0, 0.1) is 19.8 Å². The number of likely N-dealkylation sites (tertiary alicyclic amines) is 1. The third-order valence-corrected chi connectivity index (χ3v) is 5.72. The molecule has 1 aliphatic heterocycles. The van der Waals surface area contributed by atoms with Gasteiger partial charge in [-0.1, -0.05) is 19.3 Å². The summed E-state index contributed by atoms with van der Waals surface area (Å²) in [6, 6.07) is 2.83. The largest absolute Gasteiger partial charge is 0.396 e. The van der Waals surface area contributed by atoms with Crippen LogP contribution in [-0.4, -0.2) is 40.2 Å². The fourth-order valence-electron chi connectivity index (χ4n) is 4.32. The number of hydrogen-bond donors (Lipinski definition) is 1. The maximum Gasteiger partial charge on any atom is 0.246 e. The number of carbonyl (C=O) groups excluding carboxylic acids is 1. The normalized spacial score (nSPS) is 22.6. The molecule has 0 spiro atoms. The van der Waals surface area contributed by atoms with E-state index in [2.05, 4.69) is 24.5 Å². The second-order valence-electron chi connectivity index (χ2n) is 7.44. The first-order valence-corrected chi connectivity index (χ1v) is 9.36. The van der Waals surface area contributed by atoms with Crippen molar-refractivity contribution in [3.63, 3.8) is 0 Å². The van der Waals surface area contributed by atoms with Crippen LogP contribution in [0.4, 0.5) is 0 Å². The highest BCUT2D eigenvalue weighted by Crippen LogP contribution is 2.32.